The van der Waals surface area contributed by atoms with Crippen LogP contribution in [0.25, 0.3) is 0 Å². The summed E-state index contributed by atoms with van der Waals surface area (Å²) in [5.41, 5.74) is 0.229. The van der Waals surface area contributed by atoms with Gasteiger partial charge in [-0.25, -0.2) is 0 Å². The third-order valence-corrected chi connectivity index (χ3v) is 0.585. The highest BCUT2D eigenvalue weighted by Crippen LogP contribution is 1.74. The number of hydrogen-bond acceptors (Lipinski definition) is 4. The molecular formula is C4H9NO3. The van der Waals surface area contributed by atoms with E-state index in [0.717, 1.165) is 0 Å². The molecule has 0 unspecified atom stereocenters. The van der Waals surface area contributed by atoms with E-state index in [1.165, 1.54) is 7.11 Å². The molecule has 0 saturated heterocycles. The van der Waals surface area contributed by atoms with Gasteiger partial charge in [0.1, 0.15) is 12.8 Å². The predicted molar refractivity (Wildman–Crippen MR) is 28.6 cm³/mol. The molecule has 0 atom stereocenters. The molecular weight excluding hydrogens is 110 g/mol. The van der Waals surface area contributed by atoms with Crippen molar-refractivity contribution in [2.24, 2.45) is 5.16 Å². The van der Waals surface area contributed by atoms with E-state index in [9.17, 15) is 0 Å². The lowest BCUT2D eigenvalue weighted by Gasteiger charge is -1.93. The minimum Gasteiger partial charge on any atom is -0.399 e. The zero-order chi connectivity index (χ0) is 6.41. The summed E-state index contributed by atoms with van der Waals surface area (Å²) >= 11 is 0. The first kappa shape index (κ1) is 7.39. The van der Waals surface area contributed by atoms with Crippen LogP contribution in [-0.2, 0) is 4.84 Å². The maximum absolute atomic E-state index is 8.29. The van der Waals surface area contributed by atoms with Gasteiger partial charge < -0.3 is 15.1 Å². The Morgan fingerprint density at radius 3 is 2.12 bits per heavy atom. The van der Waals surface area contributed by atoms with Crippen molar-refractivity contribution < 1.29 is 15.1 Å². The molecule has 0 aliphatic heterocycles. The maximum Gasteiger partial charge on any atom is 0.108 e. The van der Waals surface area contributed by atoms with E-state index < -0.39 is 0 Å². The lowest BCUT2D eigenvalue weighted by Crippen LogP contribution is -2.09. The molecule has 8 heavy (non-hydrogen) atoms. The van der Waals surface area contributed by atoms with Crippen LogP contribution in [0.5, 0.6) is 0 Å². The Bertz CT molecular complexity index is 75.4. The highest BCUT2D eigenvalue weighted by atomic mass is 16.6. The van der Waals surface area contributed by atoms with Gasteiger partial charge in [0, 0.05) is 0 Å². The van der Waals surface area contributed by atoms with Gasteiger partial charge in [-0.05, 0) is 0 Å². The summed E-state index contributed by atoms with van der Waals surface area (Å²) < 4.78 is 0. The molecule has 48 valence electrons. The number of rotatable bonds is 3. The first-order chi connectivity index (χ1) is 3.85. The van der Waals surface area contributed by atoms with Crippen LogP contribution in [0.1, 0.15) is 0 Å². The van der Waals surface area contributed by atoms with E-state index in [2.05, 4.69) is 9.99 Å². The molecule has 0 aromatic carbocycles. The quantitative estimate of drug-likeness (QED) is 0.369. The first-order valence-corrected chi connectivity index (χ1v) is 2.15. The van der Waals surface area contributed by atoms with Crippen molar-refractivity contribution in [1.82, 2.24) is 0 Å². The van der Waals surface area contributed by atoms with Crippen LogP contribution in [0.15, 0.2) is 5.16 Å². The average Bonchev–Trinajstić information content (AvgIpc) is 1.83. The Balaban J connectivity index is 3.49. The van der Waals surface area contributed by atoms with Crippen LogP contribution in [0.2, 0.25) is 0 Å². The van der Waals surface area contributed by atoms with Crippen molar-refractivity contribution in [2.75, 3.05) is 20.3 Å². The van der Waals surface area contributed by atoms with Gasteiger partial charge in [-0.3, -0.25) is 0 Å². The first-order valence-electron chi connectivity index (χ1n) is 2.15. The highest BCUT2D eigenvalue weighted by Gasteiger charge is 1.91. The van der Waals surface area contributed by atoms with Crippen LogP contribution in [0.3, 0.4) is 0 Å². The fraction of sp³-hybridized carbons (Fsp3) is 0.750. The van der Waals surface area contributed by atoms with Gasteiger partial charge in [0.05, 0.1) is 13.2 Å². The normalized spacial score (nSPS) is 8.38. The lowest BCUT2D eigenvalue weighted by atomic mass is 10.4. The van der Waals surface area contributed by atoms with Gasteiger partial charge in [0.2, 0.25) is 0 Å². The lowest BCUT2D eigenvalue weighted by molar-refractivity contribution is 0.203. The Morgan fingerprint density at radius 2 is 2.00 bits per heavy atom. The molecule has 0 bridgehead atoms. The van der Waals surface area contributed by atoms with Crippen LogP contribution < -0.4 is 0 Å². The zero-order valence-corrected chi connectivity index (χ0v) is 4.66. The topological polar surface area (TPSA) is 62.0 Å². The second-order valence-corrected chi connectivity index (χ2v) is 1.16. The van der Waals surface area contributed by atoms with Crippen LogP contribution in [0.4, 0.5) is 0 Å². The van der Waals surface area contributed by atoms with Gasteiger partial charge in [-0.1, -0.05) is 5.16 Å². The van der Waals surface area contributed by atoms with E-state index in [1.54, 1.807) is 0 Å². The molecule has 0 fully saturated rings. The van der Waals surface area contributed by atoms with Crippen LogP contribution >= 0.6 is 0 Å². The summed E-state index contributed by atoms with van der Waals surface area (Å²) in [5, 5.41) is 19.9. The molecule has 0 amide bonds. The van der Waals surface area contributed by atoms with Crippen molar-refractivity contribution in [3.8, 4) is 0 Å². The molecule has 2 N–H and O–H groups in total. The van der Waals surface area contributed by atoms with E-state index in [4.69, 9.17) is 10.2 Å². The minimum absolute atomic E-state index is 0.229. The largest absolute Gasteiger partial charge is 0.399 e. The van der Waals surface area contributed by atoms with E-state index in [-0.39, 0.29) is 18.9 Å². The third kappa shape index (κ3) is 2.54. The summed E-state index contributed by atoms with van der Waals surface area (Å²) in [7, 11) is 1.35. The Hall–Kier alpha value is -0.610. The van der Waals surface area contributed by atoms with Crippen LogP contribution in [0, 0.1) is 0 Å². The molecule has 0 heterocycles. The minimum atomic E-state index is -0.260. The molecule has 4 heteroatoms. The Labute approximate surface area is 47.4 Å². The van der Waals surface area contributed by atoms with E-state index in [0.29, 0.717) is 0 Å². The third-order valence-electron chi connectivity index (χ3n) is 0.585. The van der Waals surface area contributed by atoms with E-state index >= 15 is 0 Å². The standard InChI is InChI=1S/C4H9NO3/c1-8-5-4(2-6)3-7/h6-7H,2-3H2,1H3. The predicted octanol–water partition coefficient (Wildman–Crippen LogP) is -1.03. The molecule has 4 nitrogen and oxygen atoms in total. The van der Waals surface area contributed by atoms with Crippen LogP contribution in [-0.4, -0.2) is 36.2 Å². The van der Waals surface area contributed by atoms with Gasteiger partial charge in [0.15, 0.2) is 0 Å². The van der Waals surface area contributed by atoms with Crippen molar-refractivity contribution in [3.63, 3.8) is 0 Å². The molecule has 0 aliphatic rings. The van der Waals surface area contributed by atoms with Gasteiger partial charge in [0.25, 0.3) is 0 Å². The molecule has 0 saturated carbocycles. The highest BCUT2D eigenvalue weighted by molar-refractivity contribution is 5.85. The van der Waals surface area contributed by atoms with E-state index in [1.807, 2.05) is 0 Å². The molecule has 0 aromatic rings. The molecule has 0 aromatic heterocycles. The number of oxime groups is 1. The van der Waals surface area contributed by atoms with Crippen molar-refractivity contribution >= 4 is 5.71 Å². The summed E-state index contributed by atoms with van der Waals surface area (Å²) in [6.45, 7) is -0.519. The fourth-order valence-corrected chi connectivity index (χ4v) is 0.237. The van der Waals surface area contributed by atoms with Crippen molar-refractivity contribution in [1.29, 1.82) is 0 Å². The van der Waals surface area contributed by atoms with Crippen molar-refractivity contribution in [3.05, 3.63) is 0 Å². The zero-order valence-electron chi connectivity index (χ0n) is 4.66. The SMILES string of the molecule is CON=C(CO)CO. The average molecular weight is 119 g/mol. The molecule has 0 radical (unpaired) electrons. The summed E-state index contributed by atoms with van der Waals surface area (Å²) in [5.74, 6) is 0. The van der Waals surface area contributed by atoms with Gasteiger partial charge in [-0.15, -0.1) is 0 Å². The summed E-state index contributed by atoms with van der Waals surface area (Å²) in [6, 6.07) is 0. The Kier molecular flexibility index (Phi) is 4.20. The summed E-state index contributed by atoms with van der Waals surface area (Å²) in [4.78, 5) is 4.25. The number of nitrogens with zero attached hydrogens (tertiary/aromatic N) is 1. The second kappa shape index (κ2) is 4.55. The molecule has 0 rings (SSSR count). The van der Waals surface area contributed by atoms with Crippen molar-refractivity contribution in [2.45, 2.75) is 0 Å². The van der Waals surface area contributed by atoms with Gasteiger partial charge >= 0.3 is 0 Å². The smallest absolute Gasteiger partial charge is 0.108 e. The molecule has 0 spiro atoms. The Morgan fingerprint density at radius 1 is 1.50 bits per heavy atom. The van der Waals surface area contributed by atoms with Gasteiger partial charge in [-0.2, -0.15) is 0 Å². The monoisotopic (exact) mass is 119 g/mol. The second-order valence-electron chi connectivity index (χ2n) is 1.16. The summed E-state index contributed by atoms with van der Waals surface area (Å²) in [6.07, 6.45) is 0. The number of aliphatic hydroxyl groups is 2. The maximum atomic E-state index is 8.29. The molecule has 0 aliphatic carbocycles. The fourth-order valence-electron chi connectivity index (χ4n) is 0.237. The number of aliphatic hydroxyl groups excluding tert-OH is 2. The number of hydrogen-bond donors (Lipinski definition) is 2.